The lowest BCUT2D eigenvalue weighted by Crippen LogP contribution is -2.53. The summed E-state index contributed by atoms with van der Waals surface area (Å²) in [6, 6.07) is 5.68. The number of nitrogens with zero attached hydrogens (tertiary/aromatic N) is 4. The van der Waals surface area contributed by atoms with E-state index in [1.165, 1.54) is 0 Å². The Balaban J connectivity index is 1.88. The second kappa shape index (κ2) is 7.64. The lowest BCUT2D eigenvalue weighted by atomic mass is 10.1. The molecule has 1 aliphatic rings. The van der Waals surface area contributed by atoms with Crippen LogP contribution in [-0.2, 0) is 9.53 Å². The third kappa shape index (κ3) is 3.74. The lowest BCUT2D eigenvalue weighted by Gasteiger charge is -2.37. The number of ether oxygens (including phenoxy) is 1. The minimum atomic E-state index is -0.653. The van der Waals surface area contributed by atoms with E-state index in [9.17, 15) is 15.2 Å². The van der Waals surface area contributed by atoms with Crippen LogP contribution in [0.25, 0.3) is 11.0 Å². The van der Waals surface area contributed by atoms with Gasteiger partial charge in [-0.1, -0.05) is 0 Å². The Labute approximate surface area is 151 Å². The second-order valence-electron chi connectivity index (χ2n) is 6.43. The number of aliphatic hydroxyl groups is 1. The van der Waals surface area contributed by atoms with Gasteiger partial charge in [-0.2, -0.15) is 5.26 Å². The van der Waals surface area contributed by atoms with Crippen molar-refractivity contribution in [2.24, 2.45) is 0 Å². The van der Waals surface area contributed by atoms with Gasteiger partial charge in [0, 0.05) is 25.5 Å². The normalized spacial score (nSPS) is 21.2. The molecule has 0 spiro atoms. The molecule has 2 aromatic rings. The molecule has 3 rings (SSSR count). The molecule has 1 saturated heterocycles. The summed E-state index contributed by atoms with van der Waals surface area (Å²) in [5, 5.41) is 21.3. The standard InChI is InChI=1S/C18H21N5O3/c1-11(24)8-22-18(25)15-10-23(9-12(2)26-15)14-4-3-13(7-19)16-17(14)21-6-5-20-16/h3-6,11-12,15,24H,8-10H2,1-2H3,(H,22,25)/t11-,12?,15?/m1/s1. The molecular formula is C18H21N5O3. The maximum atomic E-state index is 12.3. The third-order valence-electron chi connectivity index (χ3n) is 4.19. The van der Waals surface area contributed by atoms with Gasteiger partial charge in [0.25, 0.3) is 5.91 Å². The van der Waals surface area contributed by atoms with Gasteiger partial charge in [-0.05, 0) is 26.0 Å². The molecule has 0 radical (unpaired) electrons. The number of aliphatic hydroxyl groups excluding tert-OH is 1. The average Bonchev–Trinajstić information content (AvgIpc) is 2.64. The van der Waals surface area contributed by atoms with Gasteiger partial charge in [-0.3, -0.25) is 14.8 Å². The first-order valence-corrected chi connectivity index (χ1v) is 8.49. The highest BCUT2D eigenvalue weighted by molar-refractivity contribution is 5.92. The maximum Gasteiger partial charge on any atom is 0.251 e. The van der Waals surface area contributed by atoms with Crippen LogP contribution in [0.5, 0.6) is 0 Å². The van der Waals surface area contributed by atoms with Crippen molar-refractivity contribution < 1.29 is 14.6 Å². The predicted octanol–water partition coefficient (Wildman–Crippen LogP) is 0.592. The van der Waals surface area contributed by atoms with E-state index >= 15 is 0 Å². The first-order chi connectivity index (χ1) is 12.5. The Morgan fingerprint density at radius 1 is 1.42 bits per heavy atom. The zero-order valence-corrected chi connectivity index (χ0v) is 14.7. The molecule has 2 N–H and O–H groups in total. The van der Waals surface area contributed by atoms with E-state index < -0.39 is 12.2 Å². The number of carbonyl (C=O) groups excluding carboxylic acids is 1. The summed E-state index contributed by atoms with van der Waals surface area (Å²) in [6.07, 6.45) is 1.72. The Bertz CT molecular complexity index is 848. The van der Waals surface area contributed by atoms with Crippen LogP contribution in [-0.4, -0.2) is 58.9 Å². The Morgan fingerprint density at radius 3 is 2.85 bits per heavy atom. The summed E-state index contributed by atoms with van der Waals surface area (Å²) in [5.41, 5.74) is 2.45. The van der Waals surface area contributed by atoms with Gasteiger partial charge < -0.3 is 20.1 Å². The van der Waals surface area contributed by atoms with Gasteiger partial charge >= 0.3 is 0 Å². The van der Waals surface area contributed by atoms with E-state index in [1.54, 1.807) is 25.4 Å². The van der Waals surface area contributed by atoms with Crippen molar-refractivity contribution in [1.29, 1.82) is 5.26 Å². The molecule has 1 aliphatic heterocycles. The number of amides is 1. The Kier molecular flexibility index (Phi) is 5.30. The first kappa shape index (κ1) is 18.0. The van der Waals surface area contributed by atoms with Crippen molar-refractivity contribution in [3.8, 4) is 6.07 Å². The van der Waals surface area contributed by atoms with Crippen molar-refractivity contribution >= 4 is 22.6 Å². The van der Waals surface area contributed by atoms with Gasteiger partial charge in [0.2, 0.25) is 0 Å². The highest BCUT2D eigenvalue weighted by Gasteiger charge is 2.31. The quantitative estimate of drug-likeness (QED) is 0.826. The number of hydrogen-bond acceptors (Lipinski definition) is 7. The Morgan fingerprint density at radius 2 is 2.15 bits per heavy atom. The van der Waals surface area contributed by atoms with E-state index in [2.05, 4.69) is 21.4 Å². The molecule has 8 heteroatoms. The molecule has 136 valence electrons. The molecule has 1 fully saturated rings. The minimum Gasteiger partial charge on any atom is -0.392 e. The molecule has 0 bridgehead atoms. The molecule has 2 heterocycles. The molecular weight excluding hydrogens is 334 g/mol. The summed E-state index contributed by atoms with van der Waals surface area (Å²) in [7, 11) is 0. The number of nitrogens with one attached hydrogen (secondary N) is 1. The Hall–Kier alpha value is -2.76. The zero-order chi connectivity index (χ0) is 18.7. The summed E-state index contributed by atoms with van der Waals surface area (Å²) in [4.78, 5) is 23.0. The fourth-order valence-electron chi connectivity index (χ4n) is 3.04. The number of carbonyl (C=O) groups is 1. The van der Waals surface area contributed by atoms with E-state index in [1.807, 2.05) is 17.9 Å². The largest absolute Gasteiger partial charge is 0.392 e. The molecule has 0 saturated carbocycles. The summed E-state index contributed by atoms with van der Waals surface area (Å²) in [5.74, 6) is -0.258. The number of fused-ring (bicyclic) bond motifs is 1. The van der Waals surface area contributed by atoms with Gasteiger partial charge in [-0.25, -0.2) is 0 Å². The molecule has 2 unspecified atom stereocenters. The summed E-state index contributed by atoms with van der Waals surface area (Å²) >= 11 is 0. The second-order valence-corrected chi connectivity index (χ2v) is 6.43. The lowest BCUT2D eigenvalue weighted by molar-refractivity contribution is -0.137. The molecule has 3 atom stereocenters. The van der Waals surface area contributed by atoms with Crippen LogP contribution in [0.4, 0.5) is 5.69 Å². The minimum absolute atomic E-state index is 0.159. The number of benzene rings is 1. The number of hydrogen-bond donors (Lipinski definition) is 2. The monoisotopic (exact) mass is 355 g/mol. The number of morpholine rings is 1. The van der Waals surface area contributed by atoms with Crippen molar-refractivity contribution in [3.63, 3.8) is 0 Å². The SMILES string of the molecule is CC1CN(c2ccc(C#N)c3nccnc23)CC(C(=O)NC[C@@H](C)O)O1. The van der Waals surface area contributed by atoms with Crippen LogP contribution in [0, 0.1) is 11.3 Å². The van der Waals surface area contributed by atoms with Crippen molar-refractivity contribution in [1.82, 2.24) is 15.3 Å². The smallest absolute Gasteiger partial charge is 0.251 e. The van der Waals surface area contributed by atoms with Gasteiger partial charge in [0.1, 0.15) is 17.1 Å². The molecule has 26 heavy (non-hydrogen) atoms. The molecule has 8 nitrogen and oxygen atoms in total. The van der Waals surface area contributed by atoms with Crippen LogP contribution in [0.2, 0.25) is 0 Å². The highest BCUT2D eigenvalue weighted by Crippen LogP contribution is 2.28. The van der Waals surface area contributed by atoms with Crippen molar-refractivity contribution in [2.45, 2.75) is 32.2 Å². The summed E-state index contributed by atoms with van der Waals surface area (Å²) in [6.45, 7) is 4.64. The van der Waals surface area contributed by atoms with Crippen LogP contribution >= 0.6 is 0 Å². The fourth-order valence-corrected chi connectivity index (χ4v) is 3.04. The predicted molar refractivity (Wildman–Crippen MR) is 95.5 cm³/mol. The average molecular weight is 355 g/mol. The van der Waals surface area contributed by atoms with E-state index in [0.717, 1.165) is 5.69 Å². The highest BCUT2D eigenvalue weighted by atomic mass is 16.5. The molecule has 0 aliphatic carbocycles. The van der Waals surface area contributed by atoms with Crippen LogP contribution in [0.15, 0.2) is 24.5 Å². The van der Waals surface area contributed by atoms with Crippen LogP contribution in [0.3, 0.4) is 0 Å². The van der Waals surface area contributed by atoms with Gasteiger partial charge in [-0.15, -0.1) is 0 Å². The zero-order valence-electron chi connectivity index (χ0n) is 14.7. The molecule has 1 aromatic carbocycles. The third-order valence-corrected chi connectivity index (χ3v) is 4.19. The number of aromatic nitrogens is 2. The van der Waals surface area contributed by atoms with Gasteiger partial charge in [0.15, 0.2) is 6.10 Å². The molecule has 1 aromatic heterocycles. The van der Waals surface area contributed by atoms with Crippen LogP contribution in [0.1, 0.15) is 19.4 Å². The van der Waals surface area contributed by atoms with E-state index in [0.29, 0.717) is 29.7 Å². The summed E-state index contributed by atoms with van der Waals surface area (Å²) < 4.78 is 5.77. The number of anilines is 1. The molecule has 1 amide bonds. The fraction of sp³-hybridized carbons (Fsp3) is 0.444. The topological polar surface area (TPSA) is 111 Å². The van der Waals surface area contributed by atoms with Gasteiger partial charge in [0.05, 0.1) is 30.0 Å². The van der Waals surface area contributed by atoms with Crippen molar-refractivity contribution in [3.05, 3.63) is 30.1 Å². The number of rotatable bonds is 4. The number of nitriles is 1. The van der Waals surface area contributed by atoms with Crippen LogP contribution < -0.4 is 10.2 Å². The maximum absolute atomic E-state index is 12.3. The van der Waals surface area contributed by atoms with E-state index in [-0.39, 0.29) is 18.6 Å². The van der Waals surface area contributed by atoms with E-state index in [4.69, 9.17) is 4.74 Å². The first-order valence-electron chi connectivity index (χ1n) is 8.49. The van der Waals surface area contributed by atoms with Crippen molar-refractivity contribution in [2.75, 3.05) is 24.5 Å².